The zero-order valence-corrected chi connectivity index (χ0v) is 19.0. The van der Waals surface area contributed by atoms with Gasteiger partial charge in [-0.1, -0.05) is 25.9 Å². The van der Waals surface area contributed by atoms with Crippen molar-refractivity contribution in [3.05, 3.63) is 46.8 Å². The molecule has 166 valence electrons. The maximum absolute atomic E-state index is 9.72. The molecule has 0 aliphatic carbocycles. The van der Waals surface area contributed by atoms with Gasteiger partial charge in [-0.15, -0.1) is 0 Å². The van der Waals surface area contributed by atoms with Crippen LogP contribution in [0.1, 0.15) is 43.3 Å². The van der Waals surface area contributed by atoms with E-state index in [-0.39, 0.29) is 13.2 Å². The van der Waals surface area contributed by atoms with Crippen LogP contribution in [0.4, 0.5) is 0 Å². The highest BCUT2D eigenvalue weighted by atomic mass is 16.5. The van der Waals surface area contributed by atoms with Crippen molar-refractivity contribution in [2.75, 3.05) is 13.2 Å². The van der Waals surface area contributed by atoms with Crippen LogP contribution in [0.3, 0.4) is 0 Å². The number of pyridine rings is 1. The summed E-state index contributed by atoms with van der Waals surface area (Å²) in [5.41, 5.74) is 11.1. The minimum atomic E-state index is -0.687. The number of rotatable bonds is 9. The van der Waals surface area contributed by atoms with E-state index >= 15 is 0 Å². The molecule has 31 heavy (non-hydrogen) atoms. The third-order valence-corrected chi connectivity index (χ3v) is 4.98. The zero-order valence-electron chi connectivity index (χ0n) is 19.0. The SMILES string of the molecule is CCc1cc(-c2noc(-c3cc(C)nc(CC(C)C)c3)n2)cc(C)c1OC[C@@H](O)CN. The molecule has 7 heteroatoms. The molecule has 1 aromatic carbocycles. The number of aryl methyl sites for hydroxylation is 3. The van der Waals surface area contributed by atoms with E-state index in [4.69, 9.17) is 15.0 Å². The van der Waals surface area contributed by atoms with Gasteiger partial charge in [0.05, 0.1) is 0 Å². The molecule has 0 amide bonds. The number of aliphatic hydroxyl groups is 1. The maximum atomic E-state index is 9.72. The van der Waals surface area contributed by atoms with Gasteiger partial charge in [-0.25, -0.2) is 0 Å². The largest absolute Gasteiger partial charge is 0.490 e. The summed E-state index contributed by atoms with van der Waals surface area (Å²) in [6.45, 7) is 10.7. The van der Waals surface area contributed by atoms with Gasteiger partial charge in [0.25, 0.3) is 5.89 Å². The summed E-state index contributed by atoms with van der Waals surface area (Å²) in [5, 5.41) is 13.9. The van der Waals surface area contributed by atoms with Gasteiger partial charge in [0, 0.05) is 29.1 Å². The van der Waals surface area contributed by atoms with Gasteiger partial charge in [0.15, 0.2) is 0 Å². The molecule has 0 aliphatic rings. The average molecular weight is 425 g/mol. The number of aliphatic hydroxyl groups excluding tert-OH is 1. The molecule has 0 fully saturated rings. The van der Waals surface area contributed by atoms with E-state index in [9.17, 15) is 5.11 Å². The summed E-state index contributed by atoms with van der Waals surface area (Å²) in [5.74, 6) is 2.29. The standard InChI is InChI=1S/C24H32N4O3/c1-6-17-10-18(8-15(4)22(17)30-13-21(29)12-25)23-27-24(31-28-23)19-9-16(5)26-20(11-19)7-14(2)3/h8-11,14,21,29H,6-7,12-13,25H2,1-5H3/t21-/m0/s1. The van der Waals surface area contributed by atoms with Crippen LogP contribution in [-0.4, -0.2) is 39.5 Å². The zero-order chi connectivity index (χ0) is 22.5. The summed E-state index contributed by atoms with van der Waals surface area (Å²) < 4.78 is 11.4. The van der Waals surface area contributed by atoms with Crippen LogP contribution in [-0.2, 0) is 12.8 Å². The van der Waals surface area contributed by atoms with Gasteiger partial charge in [0.1, 0.15) is 18.5 Å². The first-order chi connectivity index (χ1) is 14.8. The van der Waals surface area contributed by atoms with Crippen molar-refractivity contribution < 1.29 is 14.4 Å². The quantitative estimate of drug-likeness (QED) is 0.537. The van der Waals surface area contributed by atoms with Crippen LogP contribution in [0.25, 0.3) is 22.8 Å². The molecule has 2 heterocycles. The Hall–Kier alpha value is -2.77. The summed E-state index contributed by atoms with van der Waals surface area (Å²) in [7, 11) is 0. The molecule has 0 aliphatic heterocycles. The predicted molar refractivity (Wildman–Crippen MR) is 121 cm³/mol. The first-order valence-electron chi connectivity index (χ1n) is 10.8. The van der Waals surface area contributed by atoms with E-state index in [1.807, 2.05) is 38.1 Å². The van der Waals surface area contributed by atoms with Gasteiger partial charge in [0.2, 0.25) is 5.82 Å². The Labute approximate surface area is 183 Å². The van der Waals surface area contributed by atoms with Crippen LogP contribution in [0, 0.1) is 19.8 Å². The Morgan fingerprint density at radius 3 is 2.55 bits per heavy atom. The lowest BCUT2D eigenvalue weighted by molar-refractivity contribution is 0.113. The Morgan fingerprint density at radius 1 is 1.10 bits per heavy atom. The van der Waals surface area contributed by atoms with Crippen LogP contribution < -0.4 is 10.5 Å². The predicted octanol–water partition coefficient (Wildman–Crippen LogP) is 3.87. The van der Waals surface area contributed by atoms with E-state index in [1.165, 1.54) is 0 Å². The van der Waals surface area contributed by atoms with Crippen molar-refractivity contribution in [2.24, 2.45) is 11.7 Å². The smallest absolute Gasteiger partial charge is 0.258 e. The maximum Gasteiger partial charge on any atom is 0.258 e. The van der Waals surface area contributed by atoms with Gasteiger partial charge in [-0.3, -0.25) is 4.98 Å². The fourth-order valence-electron chi connectivity index (χ4n) is 3.53. The second-order valence-corrected chi connectivity index (χ2v) is 8.35. The number of ether oxygens (including phenoxy) is 1. The van der Waals surface area contributed by atoms with Crippen LogP contribution in [0.5, 0.6) is 5.75 Å². The molecule has 1 atom stereocenters. The fourth-order valence-corrected chi connectivity index (χ4v) is 3.53. The molecule has 0 bridgehead atoms. The van der Waals surface area contributed by atoms with Crippen molar-refractivity contribution >= 4 is 0 Å². The molecule has 0 unspecified atom stereocenters. The Bertz CT molecular complexity index is 1030. The normalized spacial score (nSPS) is 12.4. The van der Waals surface area contributed by atoms with Crippen LogP contribution in [0.2, 0.25) is 0 Å². The highest BCUT2D eigenvalue weighted by Crippen LogP contribution is 2.31. The van der Waals surface area contributed by atoms with Gasteiger partial charge in [-0.2, -0.15) is 4.98 Å². The van der Waals surface area contributed by atoms with Crippen molar-refractivity contribution in [3.63, 3.8) is 0 Å². The Kier molecular flexibility index (Phi) is 7.41. The highest BCUT2D eigenvalue weighted by Gasteiger charge is 2.17. The van der Waals surface area contributed by atoms with Crippen molar-refractivity contribution in [2.45, 2.75) is 53.6 Å². The molecule has 3 aromatic rings. The van der Waals surface area contributed by atoms with Crippen molar-refractivity contribution in [1.29, 1.82) is 0 Å². The van der Waals surface area contributed by atoms with E-state index in [0.29, 0.717) is 17.6 Å². The number of nitrogens with two attached hydrogens (primary N) is 1. The lowest BCUT2D eigenvalue weighted by Gasteiger charge is -2.16. The molecule has 3 N–H and O–H groups in total. The van der Waals surface area contributed by atoms with Crippen LogP contribution >= 0.6 is 0 Å². The number of hydrogen-bond acceptors (Lipinski definition) is 7. The number of aromatic nitrogens is 3. The third kappa shape index (κ3) is 5.68. The first kappa shape index (κ1) is 22.9. The summed E-state index contributed by atoms with van der Waals surface area (Å²) in [6.07, 6.45) is 0.984. The summed E-state index contributed by atoms with van der Waals surface area (Å²) >= 11 is 0. The average Bonchev–Trinajstić information content (AvgIpc) is 3.21. The molecule has 2 aromatic heterocycles. The monoisotopic (exact) mass is 424 g/mol. The van der Waals surface area contributed by atoms with E-state index < -0.39 is 6.10 Å². The van der Waals surface area contributed by atoms with Crippen molar-refractivity contribution in [3.8, 4) is 28.6 Å². The molecule has 3 rings (SSSR count). The topological polar surface area (TPSA) is 107 Å². The van der Waals surface area contributed by atoms with E-state index in [2.05, 4.69) is 35.9 Å². The summed E-state index contributed by atoms with van der Waals surface area (Å²) in [4.78, 5) is 9.26. The van der Waals surface area contributed by atoms with Gasteiger partial charge < -0.3 is 20.1 Å². The van der Waals surface area contributed by atoms with E-state index in [1.54, 1.807) is 0 Å². The van der Waals surface area contributed by atoms with Gasteiger partial charge >= 0.3 is 0 Å². The minimum absolute atomic E-state index is 0.163. The molecule has 7 nitrogen and oxygen atoms in total. The molecular formula is C24H32N4O3. The number of nitrogens with zero attached hydrogens (tertiary/aromatic N) is 3. The lowest BCUT2D eigenvalue weighted by Crippen LogP contribution is -2.27. The van der Waals surface area contributed by atoms with E-state index in [0.717, 1.165) is 52.2 Å². The Balaban J connectivity index is 1.90. The summed E-state index contributed by atoms with van der Waals surface area (Å²) in [6, 6.07) is 7.96. The number of benzene rings is 1. The molecule has 0 radical (unpaired) electrons. The van der Waals surface area contributed by atoms with Gasteiger partial charge in [-0.05, 0) is 68.0 Å². The molecule has 0 spiro atoms. The number of hydrogen-bond donors (Lipinski definition) is 2. The molecule has 0 saturated carbocycles. The second-order valence-electron chi connectivity index (χ2n) is 8.35. The first-order valence-corrected chi connectivity index (χ1v) is 10.8. The fraction of sp³-hybridized carbons (Fsp3) is 0.458. The Morgan fingerprint density at radius 2 is 1.87 bits per heavy atom. The highest BCUT2D eigenvalue weighted by molar-refractivity contribution is 5.64. The van der Waals surface area contributed by atoms with Crippen molar-refractivity contribution in [1.82, 2.24) is 15.1 Å². The minimum Gasteiger partial charge on any atom is -0.490 e. The molecule has 0 saturated heterocycles. The second kappa shape index (κ2) is 10.0. The third-order valence-electron chi connectivity index (χ3n) is 4.98. The lowest BCUT2D eigenvalue weighted by atomic mass is 10.0. The molecular weight excluding hydrogens is 392 g/mol. The van der Waals surface area contributed by atoms with Crippen LogP contribution in [0.15, 0.2) is 28.8 Å².